The molecule has 0 saturated heterocycles. The van der Waals surface area contributed by atoms with Gasteiger partial charge in [0.1, 0.15) is 24.2 Å². The fourth-order valence-corrected chi connectivity index (χ4v) is 1.66. The number of rotatable bonds is 8. The van der Waals surface area contributed by atoms with E-state index in [1.807, 2.05) is 6.92 Å². The van der Waals surface area contributed by atoms with Crippen LogP contribution in [-0.4, -0.2) is 56.6 Å². The lowest BCUT2D eigenvalue weighted by molar-refractivity contribution is -0.127. The lowest BCUT2D eigenvalue weighted by atomic mass is 10.3. The first-order valence-corrected chi connectivity index (χ1v) is 7.67. The van der Waals surface area contributed by atoms with Crippen LogP contribution in [0.1, 0.15) is 6.92 Å². The number of nitrogens with zero attached hydrogens (tertiary/aromatic N) is 2. The fraction of sp³-hybridized carbons (Fsp3) is 0.412. The third-order valence-corrected chi connectivity index (χ3v) is 2.99. The Morgan fingerprint density at radius 2 is 2.00 bits per heavy atom. The Hall–Kier alpha value is -1.84. The summed E-state index contributed by atoms with van der Waals surface area (Å²) in [6.07, 6.45) is 1.53. The first-order valence-electron chi connectivity index (χ1n) is 7.67. The summed E-state index contributed by atoms with van der Waals surface area (Å²) in [5.41, 5.74) is 0. The summed E-state index contributed by atoms with van der Waals surface area (Å²) in [7, 11) is 3.36. The van der Waals surface area contributed by atoms with E-state index in [1.165, 1.54) is 17.0 Å². The van der Waals surface area contributed by atoms with Crippen molar-refractivity contribution in [1.29, 1.82) is 0 Å². The highest BCUT2D eigenvalue weighted by atomic mass is 127. The number of amides is 1. The van der Waals surface area contributed by atoms with E-state index in [1.54, 1.807) is 32.3 Å². The van der Waals surface area contributed by atoms with Crippen molar-refractivity contribution in [3.05, 3.63) is 42.7 Å². The van der Waals surface area contributed by atoms with Gasteiger partial charge in [-0.05, 0) is 31.2 Å². The summed E-state index contributed by atoms with van der Waals surface area (Å²) in [4.78, 5) is 17.3. The number of hydrogen-bond acceptors (Lipinski definition) is 3. The van der Waals surface area contributed by atoms with Gasteiger partial charge in [0.15, 0.2) is 5.96 Å². The number of guanidine groups is 1. The molecule has 0 bridgehead atoms. The first kappa shape index (κ1) is 23.2. The monoisotopic (exact) mass is 464 g/mol. The average molecular weight is 464 g/mol. The molecule has 0 aromatic heterocycles. The van der Waals surface area contributed by atoms with E-state index < -0.39 is 0 Å². The zero-order valence-corrected chi connectivity index (χ0v) is 17.1. The molecule has 0 saturated carbocycles. The molecular weight excluding hydrogens is 438 g/mol. The highest BCUT2D eigenvalue weighted by molar-refractivity contribution is 14.0. The van der Waals surface area contributed by atoms with Crippen LogP contribution in [0.2, 0.25) is 0 Å². The zero-order valence-electron chi connectivity index (χ0n) is 14.8. The third kappa shape index (κ3) is 9.90. The fourth-order valence-electron chi connectivity index (χ4n) is 1.66. The number of benzene rings is 1. The Balaban J connectivity index is 0.00000576. The Morgan fingerprint density at radius 3 is 2.56 bits per heavy atom. The summed E-state index contributed by atoms with van der Waals surface area (Å²) in [5.74, 6) is 0.692. The van der Waals surface area contributed by atoms with Crippen molar-refractivity contribution in [1.82, 2.24) is 15.5 Å². The first-order chi connectivity index (χ1) is 11.4. The van der Waals surface area contributed by atoms with Crippen LogP contribution in [0.4, 0.5) is 4.39 Å². The SMILES string of the molecule is C=CCNC(=NCC(=O)N(C)C)NCC(C)Oc1ccc(F)cc1.I. The minimum Gasteiger partial charge on any atom is -0.489 e. The molecule has 140 valence electrons. The Labute approximate surface area is 165 Å². The van der Waals surface area contributed by atoms with Crippen molar-refractivity contribution in [2.24, 2.45) is 4.99 Å². The lowest BCUT2D eigenvalue weighted by Gasteiger charge is -2.18. The second kappa shape index (κ2) is 12.5. The van der Waals surface area contributed by atoms with Crippen LogP contribution in [-0.2, 0) is 4.79 Å². The molecule has 0 fully saturated rings. The minimum atomic E-state index is -0.304. The summed E-state index contributed by atoms with van der Waals surface area (Å²) >= 11 is 0. The van der Waals surface area contributed by atoms with Crippen molar-refractivity contribution < 1.29 is 13.9 Å². The van der Waals surface area contributed by atoms with Gasteiger partial charge in [-0.3, -0.25) is 4.79 Å². The molecule has 1 rings (SSSR count). The molecule has 1 aromatic rings. The van der Waals surface area contributed by atoms with E-state index in [9.17, 15) is 9.18 Å². The second-order valence-corrected chi connectivity index (χ2v) is 5.39. The average Bonchev–Trinajstić information content (AvgIpc) is 2.55. The summed E-state index contributed by atoms with van der Waals surface area (Å²) < 4.78 is 18.6. The Morgan fingerprint density at radius 1 is 1.36 bits per heavy atom. The second-order valence-electron chi connectivity index (χ2n) is 5.39. The summed E-state index contributed by atoms with van der Waals surface area (Å²) in [5, 5.41) is 6.14. The molecule has 0 spiro atoms. The number of aliphatic imine (C=N–C) groups is 1. The normalized spacial score (nSPS) is 11.8. The van der Waals surface area contributed by atoms with Crippen molar-refractivity contribution in [3.8, 4) is 5.75 Å². The molecule has 0 aliphatic rings. The van der Waals surface area contributed by atoms with Crippen molar-refractivity contribution in [3.63, 3.8) is 0 Å². The van der Waals surface area contributed by atoms with E-state index in [4.69, 9.17) is 4.74 Å². The highest BCUT2D eigenvalue weighted by Crippen LogP contribution is 2.12. The summed E-state index contributed by atoms with van der Waals surface area (Å²) in [6.45, 7) is 6.56. The maximum atomic E-state index is 12.9. The molecule has 25 heavy (non-hydrogen) atoms. The van der Waals surface area contributed by atoms with Gasteiger partial charge in [0.2, 0.25) is 5.91 Å². The van der Waals surface area contributed by atoms with Gasteiger partial charge < -0.3 is 20.3 Å². The number of ether oxygens (including phenoxy) is 1. The third-order valence-electron chi connectivity index (χ3n) is 2.99. The van der Waals surface area contributed by atoms with Crippen LogP contribution in [0.15, 0.2) is 41.9 Å². The molecule has 0 heterocycles. The minimum absolute atomic E-state index is 0. The molecule has 1 amide bonds. The van der Waals surface area contributed by atoms with Gasteiger partial charge in [-0.2, -0.15) is 0 Å². The van der Waals surface area contributed by atoms with Gasteiger partial charge in [0.25, 0.3) is 0 Å². The van der Waals surface area contributed by atoms with Crippen LogP contribution < -0.4 is 15.4 Å². The number of likely N-dealkylation sites (N-methyl/N-ethyl adjacent to an activating group) is 1. The maximum Gasteiger partial charge on any atom is 0.243 e. The van der Waals surface area contributed by atoms with E-state index in [2.05, 4.69) is 22.2 Å². The van der Waals surface area contributed by atoms with E-state index in [-0.39, 0.29) is 48.3 Å². The highest BCUT2D eigenvalue weighted by Gasteiger charge is 2.07. The Kier molecular flexibility index (Phi) is 11.6. The van der Waals surface area contributed by atoms with Crippen LogP contribution in [0.25, 0.3) is 0 Å². The van der Waals surface area contributed by atoms with Gasteiger partial charge in [0, 0.05) is 20.6 Å². The molecule has 0 radical (unpaired) electrons. The maximum absolute atomic E-state index is 12.9. The van der Waals surface area contributed by atoms with Gasteiger partial charge in [-0.25, -0.2) is 9.38 Å². The number of hydrogen-bond donors (Lipinski definition) is 2. The van der Waals surface area contributed by atoms with Crippen LogP contribution >= 0.6 is 24.0 Å². The van der Waals surface area contributed by atoms with Crippen molar-refractivity contribution in [2.75, 3.05) is 33.7 Å². The number of carbonyl (C=O) groups excluding carboxylic acids is 1. The molecule has 1 unspecified atom stereocenters. The quantitative estimate of drug-likeness (QED) is 0.268. The zero-order chi connectivity index (χ0) is 17.9. The van der Waals surface area contributed by atoms with Gasteiger partial charge in [-0.15, -0.1) is 30.6 Å². The molecule has 0 aliphatic carbocycles. The van der Waals surface area contributed by atoms with Gasteiger partial charge >= 0.3 is 0 Å². The number of nitrogens with one attached hydrogen (secondary N) is 2. The van der Waals surface area contributed by atoms with Crippen LogP contribution in [0.5, 0.6) is 5.75 Å². The van der Waals surface area contributed by atoms with Gasteiger partial charge in [-0.1, -0.05) is 6.08 Å². The van der Waals surface area contributed by atoms with Crippen LogP contribution in [0.3, 0.4) is 0 Å². The predicted octanol–water partition coefficient (Wildman–Crippen LogP) is 2.02. The summed E-state index contributed by atoms with van der Waals surface area (Å²) in [6, 6.07) is 5.85. The number of carbonyl (C=O) groups is 1. The number of halogens is 2. The molecule has 0 aliphatic heterocycles. The van der Waals surface area contributed by atoms with Crippen molar-refractivity contribution >= 4 is 35.8 Å². The smallest absolute Gasteiger partial charge is 0.243 e. The lowest BCUT2D eigenvalue weighted by Crippen LogP contribution is -2.42. The molecule has 1 atom stereocenters. The predicted molar refractivity (Wildman–Crippen MR) is 109 cm³/mol. The standard InChI is InChI=1S/C17H25FN4O2.HI/c1-5-10-19-17(21-12-16(23)22(3)4)20-11-13(2)24-15-8-6-14(18)7-9-15;/h5-9,13H,1,10-12H2,2-4H3,(H2,19,20,21);1H. The molecule has 2 N–H and O–H groups in total. The molecule has 6 nitrogen and oxygen atoms in total. The van der Waals surface area contributed by atoms with Crippen molar-refractivity contribution in [2.45, 2.75) is 13.0 Å². The molecule has 8 heteroatoms. The molecular formula is C17H26FIN4O2. The Bertz CT molecular complexity index is 564. The van der Waals surface area contributed by atoms with Gasteiger partial charge in [0.05, 0.1) is 6.54 Å². The largest absolute Gasteiger partial charge is 0.489 e. The van der Waals surface area contributed by atoms with E-state index in [0.29, 0.717) is 24.8 Å². The molecule has 1 aromatic carbocycles. The van der Waals surface area contributed by atoms with E-state index in [0.717, 1.165) is 0 Å². The van der Waals surface area contributed by atoms with Crippen LogP contribution in [0, 0.1) is 5.82 Å². The topological polar surface area (TPSA) is 66.0 Å². The van der Waals surface area contributed by atoms with E-state index >= 15 is 0 Å².